The largest absolute Gasteiger partial charge is 0.416 e. The summed E-state index contributed by atoms with van der Waals surface area (Å²) in [6.45, 7) is 7.10. The minimum Gasteiger partial charge on any atom is -0.284 e. The zero-order valence-corrected chi connectivity index (χ0v) is 16.9. The maximum atomic E-state index is 13.5. The van der Waals surface area contributed by atoms with E-state index in [-0.39, 0.29) is 17.0 Å². The van der Waals surface area contributed by atoms with Crippen molar-refractivity contribution in [2.45, 2.75) is 25.9 Å². The number of hydrogen-bond acceptors (Lipinski definition) is 3. The number of nitriles is 2. The Bertz CT molecular complexity index is 1160. The number of hydrogen-bond donors (Lipinski definition) is 0. The molecule has 0 fully saturated rings. The van der Waals surface area contributed by atoms with Gasteiger partial charge in [0.25, 0.3) is 0 Å². The number of carbonyl (C=O) groups excluding carboxylic acids is 1. The minimum absolute atomic E-state index is 0.0367. The van der Waals surface area contributed by atoms with Crippen molar-refractivity contribution in [3.63, 3.8) is 0 Å². The number of nitrogens with zero attached hydrogens (tertiary/aromatic N) is 3. The van der Waals surface area contributed by atoms with Gasteiger partial charge in [0.15, 0.2) is 0 Å². The van der Waals surface area contributed by atoms with Crippen LogP contribution in [-0.2, 0) is 11.0 Å². The Labute approximate surface area is 178 Å². The Morgan fingerprint density at radius 3 is 2.26 bits per heavy atom. The van der Waals surface area contributed by atoms with E-state index in [0.29, 0.717) is 16.7 Å². The van der Waals surface area contributed by atoms with E-state index in [2.05, 4.69) is 12.6 Å². The van der Waals surface area contributed by atoms with E-state index in [1.54, 1.807) is 38.1 Å². The molecular weight excluding hydrogens is 403 g/mol. The molecule has 0 bridgehead atoms. The minimum atomic E-state index is -4.57. The molecule has 0 radical (unpaired) electrons. The van der Waals surface area contributed by atoms with Gasteiger partial charge in [-0.3, -0.25) is 9.69 Å². The van der Waals surface area contributed by atoms with Gasteiger partial charge >= 0.3 is 6.18 Å². The highest BCUT2D eigenvalue weighted by molar-refractivity contribution is 6.02. The van der Waals surface area contributed by atoms with Gasteiger partial charge < -0.3 is 0 Å². The van der Waals surface area contributed by atoms with Crippen LogP contribution in [0.4, 0.5) is 18.9 Å². The first-order valence-corrected chi connectivity index (χ1v) is 9.37. The second kappa shape index (κ2) is 8.12. The first kappa shape index (κ1) is 21.9. The van der Waals surface area contributed by atoms with E-state index < -0.39 is 29.5 Å². The van der Waals surface area contributed by atoms with Crippen molar-refractivity contribution in [1.29, 1.82) is 10.5 Å². The smallest absolute Gasteiger partial charge is 0.284 e. The molecule has 1 heterocycles. The van der Waals surface area contributed by atoms with Crippen molar-refractivity contribution in [2.24, 2.45) is 5.92 Å². The molecule has 0 saturated heterocycles. The molecule has 7 heteroatoms. The molecule has 156 valence electrons. The molecule has 31 heavy (non-hydrogen) atoms. The van der Waals surface area contributed by atoms with Crippen LogP contribution in [0.5, 0.6) is 0 Å². The number of alkyl halides is 3. The molecule has 0 saturated carbocycles. The van der Waals surface area contributed by atoms with Crippen molar-refractivity contribution in [3.05, 3.63) is 88.6 Å². The average Bonchev–Trinajstić information content (AvgIpc) is 2.73. The summed E-state index contributed by atoms with van der Waals surface area (Å²) >= 11 is 0. The Morgan fingerprint density at radius 1 is 1.10 bits per heavy atom. The molecule has 2 aromatic carbocycles. The van der Waals surface area contributed by atoms with E-state index in [0.717, 1.165) is 17.0 Å². The van der Waals surface area contributed by atoms with E-state index in [4.69, 9.17) is 5.26 Å². The Morgan fingerprint density at radius 2 is 1.74 bits per heavy atom. The number of rotatable bonds is 3. The Balaban J connectivity index is 2.21. The lowest BCUT2D eigenvalue weighted by Gasteiger charge is -2.39. The number of benzene rings is 2. The molecule has 3 rings (SSSR count). The lowest BCUT2D eigenvalue weighted by Crippen LogP contribution is -2.43. The normalized spacial score (nSPS) is 19.1. The fourth-order valence-corrected chi connectivity index (χ4v) is 3.87. The van der Waals surface area contributed by atoms with Crippen LogP contribution in [0.1, 0.15) is 36.5 Å². The van der Waals surface area contributed by atoms with Gasteiger partial charge in [-0.2, -0.15) is 23.7 Å². The fraction of sp³-hybridized carbons (Fsp3) is 0.208. The van der Waals surface area contributed by atoms with Gasteiger partial charge in [-0.25, -0.2) is 0 Å². The van der Waals surface area contributed by atoms with E-state index in [1.807, 2.05) is 6.07 Å². The number of amides is 1. The third kappa shape index (κ3) is 3.95. The predicted octanol–water partition coefficient (Wildman–Crippen LogP) is 5.70. The number of anilines is 1. The van der Waals surface area contributed by atoms with Crippen LogP contribution in [0.2, 0.25) is 0 Å². The first-order chi connectivity index (χ1) is 14.6. The van der Waals surface area contributed by atoms with Crippen molar-refractivity contribution in [2.75, 3.05) is 4.90 Å². The molecule has 0 N–H and O–H groups in total. The van der Waals surface area contributed by atoms with Crippen molar-refractivity contribution in [3.8, 4) is 12.1 Å². The molecule has 2 unspecified atom stereocenters. The zero-order valence-electron chi connectivity index (χ0n) is 16.9. The summed E-state index contributed by atoms with van der Waals surface area (Å²) in [5, 5.41) is 19.0. The standard InChI is InChI=1S/C24H18F3N3O/c1-14(2)21-22(17-9-7-16(12-28)8-10-17)20(13-29)15(3)30(23(21)31)19-6-4-5-18(11-19)24(25,26)27/h4-11,21-22H,1H2,2-3H3. The first-order valence-electron chi connectivity index (χ1n) is 9.37. The van der Waals surface area contributed by atoms with Crippen molar-refractivity contribution in [1.82, 2.24) is 0 Å². The Hall–Kier alpha value is -3.84. The summed E-state index contributed by atoms with van der Waals surface area (Å²) in [6, 6.07) is 15.2. The maximum Gasteiger partial charge on any atom is 0.416 e. The summed E-state index contributed by atoms with van der Waals surface area (Å²) < 4.78 is 39.7. The van der Waals surface area contributed by atoms with Gasteiger partial charge in [-0.05, 0) is 49.7 Å². The topological polar surface area (TPSA) is 67.9 Å². The molecule has 4 nitrogen and oxygen atoms in total. The van der Waals surface area contributed by atoms with Gasteiger partial charge in [0.2, 0.25) is 5.91 Å². The molecular formula is C24H18F3N3O. The summed E-state index contributed by atoms with van der Waals surface area (Å²) in [5.74, 6) is -1.96. The number of carbonyl (C=O) groups is 1. The summed E-state index contributed by atoms with van der Waals surface area (Å²) in [7, 11) is 0. The van der Waals surface area contributed by atoms with Crippen LogP contribution in [0, 0.1) is 28.6 Å². The third-order valence-electron chi connectivity index (χ3n) is 5.34. The number of allylic oxidation sites excluding steroid dienone is 2. The second-order valence-electron chi connectivity index (χ2n) is 7.37. The van der Waals surface area contributed by atoms with Crippen molar-refractivity contribution < 1.29 is 18.0 Å². The summed E-state index contributed by atoms with van der Waals surface area (Å²) in [5.41, 5.74) is 1.24. The molecule has 1 aliphatic heterocycles. The number of halogens is 3. The maximum absolute atomic E-state index is 13.5. The monoisotopic (exact) mass is 421 g/mol. The highest BCUT2D eigenvalue weighted by Gasteiger charge is 2.43. The molecule has 1 amide bonds. The van der Waals surface area contributed by atoms with Gasteiger partial charge in [0.1, 0.15) is 0 Å². The summed E-state index contributed by atoms with van der Waals surface area (Å²) in [4.78, 5) is 14.7. The van der Waals surface area contributed by atoms with E-state index in [1.165, 1.54) is 12.1 Å². The third-order valence-corrected chi connectivity index (χ3v) is 5.34. The van der Waals surface area contributed by atoms with E-state index >= 15 is 0 Å². The van der Waals surface area contributed by atoms with Gasteiger partial charge in [0, 0.05) is 17.3 Å². The molecule has 0 aromatic heterocycles. The zero-order chi connectivity index (χ0) is 22.9. The highest BCUT2D eigenvalue weighted by Crippen LogP contribution is 2.45. The van der Waals surface area contributed by atoms with E-state index in [9.17, 15) is 23.2 Å². The molecule has 2 aromatic rings. The lowest BCUT2D eigenvalue weighted by molar-refractivity contribution is -0.137. The highest BCUT2D eigenvalue weighted by atomic mass is 19.4. The second-order valence-corrected chi connectivity index (χ2v) is 7.37. The molecule has 0 spiro atoms. The summed E-state index contributed by atoms with van der Waals surface area (Å²) in [6.07, 6.45) is -4.57. The van der Waals surface area contributed by atoms with Gasteiger partial charge in [-0.1, -0.05) is 30.4 Å². The van der Waals surface area contributed by atoms with Gasteiger partial charge in [-0.15, -0.1) is 0 Å². The van der Waals surface area contributed by atoms with Crippen LogP contribution in [0.15, 0.2) is 72.0 Å². The van der Waals surface area contributed by atoms with Crippen LogP contribution in [0.25, 0.3) is 0 Å². The average molecular weight is 421 g/mol. The lowest BCUT2D eigenvalue weighted by atomic mass is 9.73. The van der Waals surface area contributed by atoms with Crippen LogP contribution < -0.4 is 4.90 Å². The molecule has 1 aliphatic rings. The van der Waals surface area contributed by atoms with Crippen molar-refractivity contribution >= 4 is 11.6 Å². The Kier molecular flexibility index (Phi) is 5.73. The fourth-order valence-electron chi connectivity index (χ4n) is 3.87. The van der Waals surface area contributed by atoms with Crippen LogP contribution >= 0.6 is 0 Å². The van der Waals surface area contributed by atoms with Crippen LogP contribution in [0.3, 0.4) is 0 Å². The van der Waals surface area contributed by atoms with Crippen LogP contribution in [-0.4, -0.2) is 5.91 Å². The van der Waals surface area contributed by atoms with Gasteiger partial charge in [0.05, 0.1) is 34.8 Å². The quantitative estimate of drug-likeness (QED) is 0.597. The molecule has 0 aliphatic carbocycles. The predicted molar refractivity (Wildman–Crippen MR) is 109 cm³/mol. The molecule has 2 atom stereocenters. The SMILES string of the molecule is C=C(C)C1C(=O)N(c2cccc(C(F)(F)F)c2)C(C)=C(C#N)C1c1ccc(C#N)cc1.